The van der Waals surface area contributed by atoms with Crippen molar-refractivity contribution in [2.24, 2.45) is 0 Å². The van der Waals surface area contributed by atoms with E-state index in [2.05, 4.69) is 29.3 Å². The Morgan fingerprint density at radius 1 is 1.40 bits per heavy atom. The van der Waals surface area contributed by atoms with Crippen LogP contribution in [0.5, 0.6) is 0 Å². The summed E-state index contributed by atoms with van der Waals surface area (Å²) in [6.45, 7) is 2.15. The van der Waals surface area contributed by atoms with E-state index in [4.69, 9.17) is 11.6 Å². The molecule has 0 heterocycles. The van der Waals surface area contributed by atoms with Crippen LogP contribution < -0.4 is 10.2 Å². The number of hydrogen-bond acceptors (Lipinski definition) is 2. The molecule has 0 aliphatic rings. The van der Waals surface area contributed by atoms with Crippen LogP contribution >= 0.6 is 11.6 Å². The molecule has 1 atom stereocenters. The molecule has 1 aromatic rings. The topological polar surface area (TPSA) is 15.3 Å². The molecule has 1 rings (SSSR count). The van der Waals surface area contributed by atoms with E-state index in [1.807, 2.05) is 27.2 Å². The molecule has 84 valence electrons. The Balaban J connectivity index is 2.83. The molecule has 2 nitrogen and oxygen atoms in total. The maximum atomic E-state index is 6.22. The standard InChI is InChI=1S/C12H19ClN2/c1-9(14-2)7-10-5-6-11(15(3)4)8-12(10)13/h5-6,8-9,14H,7H2,1-4H3. The number of hydrogen-bond donors (Lipinski definition) is 1. The molecule has 1 unspecified atom stereocenters. The van der Waals surface area contributed by atoms with Crippen LogP contribution in [0.15, 0.2) is 18.2 Å². The maximum absolute atomic E-state index is 6.22. The molecule has 3 heteroatoms. The number of anilines is 1. The van der Waals surface area contributed by atoms with E-state index >= 15 is 0 Å². The van der Waals surface area contributed by atoms with Crippen LogP contribution in [0.1, 0.15) is 12.5 Å². The fraction of sp³-hybridized carbons (Fsp3) is 0.500. The molecule has 15 heavy (non-hydrogen) atoms. The van der Waals surface area contributed by atoms with Crippen LogP contribution in [0.2, 0.25) is 5.02 Å². The van der Waals surface area contributed by atoms with Gasteiger partial charge >= 0.3 is 0 Å². The van der Waals surface area contributed by atoms with Gasteiger partial charge in [0, 0.05) is 30.8 Å². The number of likely N-dealkylation sites (N-methyl/N-ethyl adjacent to an activating group) is 1. The Morgan fingerprint density at radius 3 is 2.53 bits per heavy atom. The molecule has 0 fully saturated rings. The first-order valence-corrected chi connectivity index (χ1v) is 5.55. The van der Waals surface area contributed by atoms with Crippen LogP contribution in [-0.4, -0.2) is 27.2 Å². The van der Waals surface area contributed by atoms with E-state index in [1.54, 1.807) is 0 Å². The number of nitrogens with one attached hydrogen (secondary N) is 1. The van der Waals surface area contributed by atoms with Crippen LogP contribution in [0.3, 0.4) is 0 Å². The lowest BCUT2D eigenvalue weighted by Gasteiger charge is -2.16. The zero-order valence-corrected chi connectivity index (χ0v) is 10.6. The molecule has 0 aliphatic heterocycles. The second-order valence-corrected chi connectivity index (χ2v) is 4.47. The van der Waals surface area contributed by atoms with Gasteiger partial charge in [0.05, 0.1) is 0 Å². The third-order valence-electron chi connectivity index (χ3n) is 2.57. The van der Waals surface area contributed by atoms with Gasteiger partial charge in [0.25, 0.3) is 0 Å². The second kappa shape index (κ2) is 5.38. The largest absolute Gasteiger partial charge is 0.378 e. The summed E-state index contributed by atoms with van der Waals surface area (Å²) in [6, 6.07) is 6.67. The molecule has 0 saturated carbocycles. The maximum Gasteiger partial charge on any atom is 0.0459 e. The van der Waals surface area contributed by atoms with E-state index in [0.717, 1.165) is 17.1 Å². The average Bonchev–Trinajstić information content (AvgIpc) is 2.20. The van der Waals surface area contributed by atoms with Gasteiger partial charge in [0.2, 0.25) is 0 Å². The zero-order chi connectivity index (χ0) is 11.4. The summed E-state index contributed by atoms with van der Waals surface area (Å²) in [4.78, 5) is 2.05. The summed E-state index contributed by atoms with van der Waals surface area (Å²) in [5.74, 6) is 0. The lowest BCUT2D eigenvalue weighted by molar-refractivity contribution is 0.608. The highest BCUT2D eigenvalue weighted by Gasteiger charge is 2.06. The molecule has 1 aromatic carbocycles. The monoisotopic (exact) mass is 226 g/mol. The Morgan fingerprint density at radius 2 is 2.07 bits per heavy atom. The van der Waals surface area contributed by atoms with Crippen molar-refractivity contribution in [1.82, 2.24) is 5.32 Å². The quantitative estimate of drug-likeness (QED) is 0.849. The Bertz CT molecular complexity index is 323. The molecule has 0 radical (unpaired) electrons. The number of benzene rings is 1. The van der Waals surface area contributed by atoms with Crippen molar-refractivity contribution in [2.45, 2.75) is 19.4 Å². The van der Waals surface area contributed by atoms with Crippen molar-refractivity contribution in [3.63, 3.8) is 0 Å². The van der Waals surface area contributed by atoms with E-state index in [9.17, 15) is 0 Å². The Hall–Kier alpha value is -0.730. The molecule has 1 N–H and O–H groups in total. The number of nitrogens with zero attached hydrogens (tertiary/aromatic N) is 1. The molecule has 0 bridgehead atoms. The van der Waals surface area contributed by atoms with Gasteiger partial charge in [-0.1, -0.05) is 17.7 Å². The third-order valence-corrected chi connectivity index (χ3v) is 2.92. The fourth-order valence-corrected chi connectivity index (χ4v) is 1.66. The average molecular weight is 227 g/mol. The summed E-state index contributed by atoms with van der Waals surface area (Å²) in [7, 11) is 6.00. The van der Waals surface area contributed by atoms with Crippen molar-refractivity contribution in [3.8, 4) is 0 Å². The molecule has 0 saturated heterocycles. The molecule has 0 aromatic heterocycles. The summed E-state index contributed by atoms with van der Waals surface area (Å²) in [5, 5.41) is 4.06. The predicted octanol–water partition coefficient (Wildman–Crippen LogP) is 2.56. The van der Waals surface area contributed by atoms with Gasteiger partial charge in [-0.3, -0.25) is 0 Å². The van der Waals surface area contributed by atoms with Crippen molar-refractivity contribution in [3.05, 3.63) is 28.8 Å². The number of halogens is 1. The molecular formula is C12H19ClN2. The smallest absolute Gasteiger partial charge is 0.0459 e. The highest BCUT2D eigenvalue weighted by molar-refractivity contribution is 6.31. The van der Waals surface area contributed by atoms with Gasteiger partial charge in [-0.15, -0.1) is 0 Å². The van der Waals surface area contributed by atoms with Gasteiger partial charge in [0.15, 0.2) is 0 Å². The van der Waals surface area contributed by atoms with Crippen LogP contribution in [0, 0.1) is 0 Å². The number of rotatable bonds is 4. The van der Waals surface area contributed by atoms with Gasteiger partial charge in [-0.05, 0) is 38.1 Å². The van der Waals surface area contributed by atoms with E-state index < -0.39 is 0 Å². The third kappa shape index (κ3) is 3.40. The Labute approximate surface area is 97.2 Å². The first-order chi connectivity index (χ1) is 7.04. The lowest BCUT2D eigenvalue weighted by atomic mass is 10.1. The summed E-state index contributed by atoms with van der Waals surface area (Å²) >= 11 is 6.22. The summed E-state index contributed by atoms with van der Waals surface area (Å²) in [5.41, 5.74) is 2.34. The summed E-state index contributed by atoms with van der Waals surface area (Å²) in [6.07, 6.45) is 0.961. The van der Waals surface area contributed by atoms with Gasteiger partial charge < -0.3 is 10.2 Å². The SMILES string of the molecule is CNC(C)Cc1ccc(N(C)C)cc1Cl. The van der Waals surface area contributed by atoms with E-state index in [0.29, 0.717) is 6.04 Å². The van der Waals surface area contributed by atoms with E-state index in [-0.39, 0.29) is 0 Å². The zero-order valence-electron chi connectivity index (χ0n) is 9.84. The van der Waals surface area contributed by atoms with Gasteiger partial charge in [-0.2, -0.15) is 0 Å². The van der Waals surface area contributed by atoms with Crippen molar-refractivity contribution in [1.29, 1.82) is 0 Å². The minimum absolute atomic E-state index is 0.452. The molecular weight excluding hydrogens is 208 g/mol. The normalized spacial score (nSPS) is 12.6. The van der Waals surface area contributed by atoms with Crippen LogP contribution in [0.25, 0.3) is 0 Å². The van der Waals surface area contributed by atoms with E-state index in [1.165, 1.54) is 5.56 Å². The van der Waals surface area contributed by atoms with Gasteiger partial charge in [-0.25, -0.2) is 0 Å². The minimum atomic E-state index is 0.452. The molecule has 0 spiro atoms. The highest BCUT2D eigenvalue weighted by atomic mass is 35.5. The summed E-state index contributed by atoms with van der Waals surface area (Å²) < 4.78 is 0. The van der Waals surface area contributed by atoms with Crippen LogP contribution in [-0.2, 0) is 6.42 Å². The van der Waals surface area contributed by atoms with Crippen molar-refractivity contribution >= 4 is 17.3 Å². The van der Waals surface area contributed by atoms with Gasteiger partial charge in [0.1, 0.15) is 0 Å². The second-order valence-electron chi connectivity index (χ2n) is 4.06. The highest BCUT2D eigenvalue weighted by Crippen LogP contribution is 2.23. The predicted molar refractivity (Wildman–Crippen MR) is 68.0 cm³/mol. The molecule has 0 aliphatic carbocycles. The van der Waals surface area contributed by atoms with Crippen molar-refractivity contribution in [2.75, 3.05) is 26.0 Å². The fourth-order valence-electron chi connectivity index (χ4n) is 1.41. The van der Waals surface area contributed by atoms with Crippen molar-refractivity contribution < 1.29 is 0 Å². The Kier molecular flexibility index (Phi) is 4.43. The first kappa shape index (κ1) is 12.3. The molecule has 0 amide bonds. The van der Waals surface area contributed by atoms with Crippen LogP contribution in [0.4, 0.5) is 5.69 Å². The first-order valence-electron chi connectivity index (χ1n) is 5.17. The lowest BCUT2D eigenvalue weighted by Crippen LogP contribution is -2.23. The minimum Gasteiger partial charge on any atom is -0.378 e.